The molecule has 0 amide bonds. The molecule has 0 bridgehead atoms. The lowest BCUT2D eigenvalue weighted by Gasteiger charge is -2.04. The van der Waals surface area contributed by atoms with Crippen LogP contribution < -0.4 is 0 Å². The number of halogens is 1. The smallest absolute Gasteiger partial charge is 0.123 e. The summed E-state index contributed by atoms with van der Waals surface area (Å²) in [5.41, 5.74) is 4.31. The molecule has 1 heterocycles. The number of aromatic nitrogens is 1. The van der Waals surface area contributed by atoms with Gasteiger partial charge in [0.2, 0.25) is 0 Å². The number of hydrogen-bond acceptors (Lipinski definition) is 1. The molecule has 94 valence electrons. The molecule has 1 aromatic carbocycles. The minimum Gasteiger partial charge on any atom is -0.349 e. The molecular formula is C15H17FN2. The molecule has 18 heavy (non-hydrogen) atoms. The fourth-order valence-corrected chi connectivity index (χ4v) is 2.12. The SMILES string of the molecule is CCn1c(C)cc(C=Nc2ccc(F)cc2)c1C. The van der Waals surface area contributed by atoms with Crippen LogP contribution in [-0.4, -0.2) is 10.8 Å². The van der Waals surface area contributed by atoms with E-state index in [1.807, 2.05) is 6.21 Å². The second-order valence-electron chi connectivity index (χ2n) is 4.31. The van der Waals surface area contributed by atoms with E-state index >= 15 is 0 Å². The van der Waals surface area contributed by atoms with Crippen molar-refractivity contribution in [3.63, 3.8) is 0 Å². The highest BCUT2D eigenvalue weighted by Crippen LogP contribution is 2.16. The first-order valence-electron chi connectivity index (χ1n) is 6.08. The van der Waals surface area contributed by atoms with Gasteiger partial charge < -0.3 is 4.57 Å². The third-order valence-corrected chi connectivity index (χ3v) is 3.11. The molecule has 1 aromatic heterocycles. The summed E-state index contributed by atoms with van der Waals surface area (Å²) in [7, 11) is 0. The lowest BCUT2D eigenvalue weighted by molar-refractivity contribution is 0.628. The predicted octanol–water partition coefficient (Wildman–Crippen LogP) is 4.01. The zero-order valence-corrected chi connectivity index (χ0v) is 10.9. The van der Waals surface area contributed by atoms with Crippen LogP contribution in [0.1, 0.15) is 23.9 Å². The Morgan fingerprint density at radius 1 is 1.22 bits per heavy atom. The Hall–Kier alpha value is -1.90. The average molecular weight is 244 g/mol. The van der Waals surface area contributed by atoms with Gasteiger partial charge >= 0.3 is 0 Å². The zero-order valence-electron chi connectivity index (χ0n) is 10.9. The van der Waals surface area contributed by atoms with E-state index in [9.17, 15) is 4.39 Å². The molecule has 0 saturated heterocycles. The van der Waals surface area contributed by atoms with E-state index in [2.05, 4.69) is 36.4 Å². The van der Waals surface area contributed by atoms with Crippen molar-refractivity contribution in [2.75, 3.05) is 0 Å². The Labute approximate surface area is 107 Å². The molecule has 0 fully saturated rings. The molecule has 0 radical (unpaired) electrons. The number of rotatable bonds is 3. The largest absolute Gasteiger partial charge is 0.349 e. The van der Waals surface area contributed by atoms with E-state index in [0.29, 0.717) is 0 Å². The minimum absolute atomic E-state index is 0.238. The summed E-state index contributed by atoms with van der Waals surface area (Å²) in [6.07, 6.45) is 1.84. The maximum atomic E-state index is 12.8. The van der Waals surface area contributed by atoms with Crippen molar-refractivity contribution in [2.45, 2.75) is 27.3 Å². The van der Waals surface area contributed by atoms with Gasteiger partial charge in [-0.15, -0.1) is 0 Å². The molecule has 0 spiro atoms. The summed E-state index contributed by atoms with van der Waals surface area (Å²) in [5.74, 6) is -0.238. The maximum absolute atomic E-state index is 12.8. The zero-order chi connectivity index (χ0) is 13.1. The van der Waals surface area contributed by atoms with Gasteiger partial charge in [0.15, 0.2) is 0 Å². The number of benzene rings is 1. The molecule has 3 heteroatoms. The fraction of sp³-hybridized carbons (Fsp3) is 0.267. The minimum atomic E-state index is -0.238. The van der Waals surface area contributed by atoms with E-state index in [-0.39, 0.29) is 5.82 Å². The van der Waals surface area contributed by atoms with Gasteiger partial charge in [0, 0.05) is 29.7 Å². The predicted molar refractivity (Wildman–Crippen MR) is 73.2 cm³/mol. The molecule has 2 aromatic rings. The van der Waals surface area contributed by atoms with Gasteiger partial charge in [0.25, 0.3) is 0 Å². The van der Waals surface area contributed by atoms with Gasteiger partial charge in [-0.2, -0.15) is 0 Å². The Bertz CT molecular complexity index is 565. The van der Waals surface area contributed by atoms with Gasteiger partial charge in [-0.1, -0.05) is 0 Å². The van der Waals surface area contributed by atoms with Crippen LogP contribution in [0.25, 0.3) is 0 Å². The van der Waals surface area contributed by atoms with Gasteiger partial charge in [-0.3, -0.25) is 4.99 Å². The quantitative estimate of drug-likeness (QED) is 0.726. The summed E-state index contributed by atoms with van der Waals surface area (Å²) in [5, 5.41) is 0. The third kappa shape index (κ3) is 2.50. The molecule has 0 aliphatic rings. The van der Waals surface area contributed by atoms with E-state index in [1.165, 1.54) is 23.5 Å². The Balaban J connectivity index is 2.26. The van der Waals surface area contributed by atoms with Gasteiger partial charge in [-0.05, 0) is 51.1 Å². The molecule has 0 atom stereocenters. The van der Waals surface area contributed by atoms with Crippen molar-refractivity contribution in [1.29, 1.82) is 0 Å². The van der Waals surface area contributed by atoms with Crippen LogP contribution >= 0.6 is 0 Å². The lowest BCUT2D eigenvalue weighted by Crippen LogP contribution is -1.99. The Morgan fingerprint density at radius 3 is 2.44 bits per heavy atom. The van der Waals surface area contributed by atoms with E-state index < -0.39 is 0 Å². The van der Waals surface area contributed by atoms with Crippen LogP contribution in [0.5, 0.6) is 0 Å². The lowest BCUT2D eigenvalue weighted by atomic mass is 10.2. The molecule has 0 saturated carbocycles. The second-order valence-corrected chi connectivity index (χ2v) is 4.31. The van der Waals surface area contributed by atoms with Crippen LogP contribution in [-0.2, 0) is 6.54 Å². The molecule has 2 rings (SSSR count). The van der Waals surface area contributed by atoms with E-state index in [0.717, 1.165) is 17.8 Å². The normalized spacial score (nSPS) is 11.3. The Kier molecular flexibility index (Phi) is 3.60. The number of nitrogens with zero attached hydrogens (tertiary/aromatic N) is 2. The first-order chi connectivity index (χ1) is 8.61. The topological polar surface area (TPSA) is 17.3 Å². The second kappa shape index (κ2) is 5.17. The summed E-state index contributed by atoms with van der Waals surface area (Å²) in [6.45, 7) is 7.26. The number of aryl methyl sites for hydroxylation is 1. The van der Waals surface area contributed by atoms with Gasteiger partial charge in [0.05, 0.1) is 5.69 Å². The van der Waals surface area contributed by atoms with Crippen molar-refractivity contribution in [3.8, 4) is 0 Å². The van der Waals surface area contributed by atoms with Crippen LogP contribution in [0, 0.1) is 19.7 Å². The van der Waals surface area contributed by atoms with Crippen LogP contribution in [0.3, 0.4) is 0 Å². The summed E-state index contributed by atoms with van der Waals surface area (Å²) in [4.78, 5) is 4.36. The maximum Gasteiger partial charge on any atom is 0.123 e. The highest BCUT2D eigenvalue weighted by Gasteiger charge is 2.05. The van der Waals surface area contributed by atoms with E-state index in [1.54, 1.807) is 12.1 Å². The van der Waals surface area contributed by atoms with Crippen LogP contribution in [0.2, 0.25) is 0 Å². The van der Waals surface area contributed by atoms with Crippen molar-refractivity contribution < 1.29 is 4.39 Å². The van der Waals surface area contributed by atoms with Gasteiger partial charge in [-0.25, -0.2) is 4.39 Å². The number of hydrogen-bond donors (Lipinski definition) is 0. The van der Waals surface area contributed by atoms with Crippen molar-refractivity contribution in [3.05, 3.63) is 53.1 Å². The highest BCUT2D eigenvalue weighted by molar-refractivity contribution is 5.83. The third-order valence-electron chi connectivity index (χ3n) is 3.11. The molecule has 0 aliphatic carbocycles. The molecule has 0 aliphatic heterocycles. The highest BCUT2D eigenvalue weighted by atomic mass is 19.1. The molecule has 0 unspecified atom stereocenters. The standard InChI is InChI=1S/C15H17FN2/c1-4-18-11(2)9-13(12(18)3)10-17-15-7-5-14(16)6-8-15/h5-10H,4H2,1-3H3. The molecular weight excluding hydrogens is 227 g/mol. The monoisotopic (exact) mass is 244 g/mol. The number of aliphatic imine (C=N–C) groups is 1. The molecule has 0 N–H and O–H groups in total. The average Bonchev–Trinajstić information content (AvgIpc) is 2.63. The fourth-order valence-electron chi connectivity index (χ4n) is 2.12. The van der Waals surface area contributed by atoms with Gasteiger partial charge in [0.1, 0.15) is 5.82 Å². The van der Waals surface area contributed by atoms with Crippen LogP contribution in [0.4, 0.5) is 10.1 Å². The van der Waals surface area contributed by atoms with Crippen molar-refractivity contribution in [2.24, 2.45) is 4.99 Å². The summed E-state index contributed by atoms with van der Waals surface area (Å²) < 4.78 is 15.0. The Morgan fingerprint density at radius 2 is 1.89 bits per heavy atom. The van der Waals surface area contributed by atoms with Crippen molar-refractivity contribution >= 4 is 11.9 Å². The molecule has 2 nitrogen and oxygen atoms in total. The first kappa shape index (κ1) is 12.6. The van der Waals surface area contributed by atoms with Crippen molar-refractivity contribution in [1.82, 2.24) is 4.57 Å². The first-order valence-corrected chi connectivity index (χ1v) is 6.08. The summed E-state index contributed by atoms with van der Waals surface area (Å²) in [6, 6.07) is 8.30. The summed E-state index contributed by atoms with van der Waals surface area (Å²) >= 11 is 0. The van der Waals surface area contributed by atoms with Crippen LogP contribution in [0.15, 0.2) is 35.3 Å². The van der Waals surface area contributed by atoms with E-state index in [4.69, 9.17) is 0 Å².